The van der Waals surface area contributed by atoms with E-state index >= 15 is 0 Å². The molecule has 1 N–H and O–H groups in total. The second-order valence-electron chi connectivity index (χ2n) is 5.13. The van der Waals surface area contributed by atoms with Crippen molar-refractivity contribution in [2.75, 3.05) is 6.61 Å². The molecular formula is C15H23NO2. The summed E-state index contributed by atoms with van der Waals surface area (Å²) in [6.07, 6.45) is 7.46. The molecule has 1 aromatic heterocycles. The molecule has 3 nitrogen and oxygen atoms in total. The number of hydrogen-bond donors (Lipinski definition) is 1. The van der Waals surface area contributed by atoms with E-state index in [1.807, 2.05) is 12.1 Å². The van der Waals surface area contributed by atoms with Crippen LogP contribution in [-0.4, -0.2) is 16.7 Å². The molecule has 1 aliphatic rings. The van der Waals surface area contributed by atoms with Gasteiger partial charge in [0.15, 0.2) is 0 Å². The third-order valence-electron chi connectivity index (χ3n) is 3.65. The zero-order valence-corrected chi connectivity index (χ0v) is 11.2. The fourth-order valence-corrected chi connectivity index (χ4v) is 2.52. The van der Waals surface area contributed by atoms with E-state index in [1.165, 1.54) is 32.1 Å². The van der Waals surface area contributed by atoms with E-state index in [1.54, 1.807) is 0 Å². The van der Waals surface area contributed by atoms with Crippen LogP contribution >= 0.6 is 0 Å². The summed E-state index contributed by atoms with van der Waals surface area (Å²) in [6.45, 7) is 2.88. The number of hydrogen-bond acceptors (Lipinski definition) is 3. The molecule has 0 saturated heterocycles. The number of aliphatic hydroxyl groups is 1. The smallest absolute Gasteiger partial charge is 0.213 e. The highest BCUT2D eigenvalue weighted by Gasteiger charge is 2.14. The first kappa shape index (κ1) is 13.3. The average Bonchev–Trinajstić information content (AvgIpc) is 2.45. The van der Waals surface area contributed by atoms with Crippen LogP contribution < -0.4 is 4.74 Å². The van der Waals surface area contributed by atoms with Crippen LogP contribution in [0.3, 0.4) is 0 Å². The Labute approximate surface area is 109 Å². The Balaban J connectivity index is 1.94. The predicted molar refractivity (Wildman–Crippen MR) is 71.6 cm³/mol. The summed E-state index contributed by atoms with van der Waals surface area (Å²) < 4.78 is 5.81. The van der Waals surface area contributed by atoms with Crippen LogP contribution in [0.15, 0.2) is 12.1 Å². The van der Waals surface area contributed by atoms with Gasteiger partial charge in [-0.1, -0.05) is 26.2 Å². The molecule has 0 aliphatic heterocycles. The molecule has 1 saturated carbocycles. The zero-order valence-electron chi connectivity index (χ0n) is 11.2. The van der Waals surface area contributed by atoms with E-state index in [0.29, 0.717) is 11.8 Å². The number of nitrogens with zero attached hydrogens (tertiary/aromatic N) is 1. The first-order valence-electron chi connectivity index (χ1n) is 7.05. The summed E-state index contributed by atoms with van der Waals surface area (Å²) in [7, 11) is 0. The monoisotopic (exact) mass is 249 g/mol. The quantitative estimate of drug-likeness (QED) is 0.872. The summed E-state index contributed by atoms with van der Waals surface area (Å²) >= 11 is 0. The lowest BCUT2D eigenvalue weighted by Gasteiger charge is -2.21. The van der Waals surface area contributed by atoms with Crippen LogP contribution in [0.1, 0.15) is 50.3 Å². The van der Waals surface area contributed by atoms with Gasteiger partial charge in [-0.05, 0) is 36.8 Å². The standard InChI is InChI=1S/C15H23NO2/c1-2-14-8-13(10-17)9-15(16-14)18-11-12-6-4-3-5-7-12/h8-9,12,17H,2-7,10-11H2,1H3. The lowest BCUT2D eigenvalue weighted by atomic mass is 9.90. The lowest BCUT2D eigenvalue weighted by molar-refractivity contribution is 0.201. The van der Waals surface area contributed by atoms with Crippen molar-refractivity contribution in [1.29, 1.82) is 0 Å². The SMILES string of the molecule is CCc1cc(CO)cc(OCC2CCCCC2)n1. The molecule has 0 unspecified atom stereocenters. The van der Waals surface area contributed by atoms with Crippen molar-refractivity contribution in [2.45, 2.75) is 52.1 Å². The predicted octanol–water partition coefficient (Wildman–Crippen LogP) is 3.10. The summed E-state index contributed by atoms with van der Waals surface area (Å²) in [5.74, 6) is 1.35. The lowest BCUT2D eigenvalue weighted by Crippen LogP contribution is -2.16. The third-order valence-corrected chi connectivity index (χ3v) is 3.65. The molecule has 0 bridgehead atoms. The number of ether oxygens (including phenoxy) is 1. The van der Waals surface area contributed by atoms with Gasteiger partial charge in [0, 0.05) is 11.8 Å². The summed E-state index contributed by atoms with van der Waals surface area (Å²) in [4.78, 5) is 4.45. The van der Waals surface area contributed by atoms with Crippen LogP contribution in [0.5, 0.6) is 5.88 Å². The number of rotatable bonds is 5. The van der Waals surface area contributed by atoms with E-state index in [4.69, 9.17) is 4.74 Å². The van der Waals surface area contributed by atoms with Gasteiger partial charge in [0.25, 0.3) is 0 Å². The highest BCUT2D eigenvalue weighted by molar-refractivity contribution is 5.24. The minimum Gasteiger partial charge on any atom is -0.477 e. The first-order chi connectivity index (χ1) is 8.81. The maximum atomic E-state index is 9.22. The molecule has 0 spiro atoms. The third kappa shape index (κ3) is 3.70. The van der Waals surface area contributed by atoms with Crippen LogP contribution in [0.25, 0.3) is 0 Å². The Hall–Kier alpha value is -1.09. The number of pyridine rings is 1. The Kier molecular flexibility index (Phi) is 5.00. The Bertz CT molecular complexity index is 351. The van der Waals surface area contributed by atoms with Gasteiger partial charge >= 0.3 is 0 Å². The Morgan fingerprint density at radius 1 is 1.28 bits per heavy atom. The Morgan fingerprint density at radius 2 is 2.06 bits per heavy atom. The fourth-order valence-electron chi connectivity index (χ4n) is 2.52. The zero-order chi connectivity index (χ0) is 12.8. The molecule has 100 valence electrons. The fraction of sp³-hybridized carbons (Fsp3) is 0.667. The van der Waals surface area contributed by atoms with Gasteiger partial charge in [-0.2, -0.15) is 0 Å². The van der Waals surface area contributed by atoms with Crippen molar-refractivity contribution >= 4 is 0 Å². The topological polar surface area (TPSA) is 42.4 Å². The van der Waals surface area contributed by atoms with Gasteiger partial charge in [-0.25, -0.2) is 4.98 Å². The summed E-state index contributed by atoms with van der Waals surface area (Å²) in [5, 5.41) is 9.22. The maximum absolute atomic E-state index is 9.22. The van der Waals surface area contributed by atoms with Crippen LogP contribution in [0.4, 0.5) is 0 Å². The summed E-state index contributed by atoms with van der Waals surface area (Å²) in [5.41, 5.74) is 1.88. The van der Waals surface area contributed by atoms with Crippen LogP contribution in [0.2, 0.25) is 0 Å². The van der Waals surface area contributed by atoms with E-state index in [0.717, 1.165) is 24.3 Å². The highest BCUT2D eigenvalue weighted by atomic mass is 16.5. The molecule has 0 aromatic carbocycles. The van der Waals surface area contributed by atoms with Gasteiger partial charge < -0.3 is 9.84 Å². The largest absolute Gasteiger partial charge is 0.477 e. The van der Waals surface area contributed by atoms with E-state index in [-0.39, 0.29) is 6.61 Å². The highest BCUT2D eigenvalue weighted by Crippen LogP contribution is 2.24. The second-order valence-corrected chi connectivity index (χ2v) is 5.13. The van der Waals surface area contributed by atoms with Gasteiger partial charge in [0.2, 0.25) is 5.88 Å². The van der Waals surface area contributed by atoms with Crippen molar-refractivity contribution in [1.82, 2.24) is 4.98 Å². The van der Waals surface area contributed by atoms with E-state index < -0.39 is 0 Å². The van der Waals surface area contributed by atoms with Crippen molar-refractivity contribution in [3.05, 3.63) is 23.4 Å². The second kappa shape index (κ2) is 6.74. The number of aliphatic hydroxyl groups excluding tert-OH is 1. The van der Waals surface area contributed by atoms with E-state index in [9.17, 15) is 5.11 Å². The molecule has 0 atom stereocenters. The Morgan fingerprint density at radius 3 is 2.72 bits per heavy atom. The molecule has 3 heteroatoms. The molecule has 2 rings (SSSR count). The minimum absolute atomic E-state index is 0.0509. The normalized spacial score (nSPS) is 16.8. The maximum Gasteiger partial charge on any atom is 0.213 e. The van der Waals surface area contributed by atoms with Gasteiger partial charge in [0.1, 0.15) is 0 Å². The van der Waals surface area contributed by atoms with E-state index in [2.05, 4.69) is 11.9 Å². The van der Waals surface area contributed by atoms with Gasteiger partial charge in [-0.3, -0.25) is 0 Å². The molecule has 1 fully saturated rings. The van der Waals surface area contributed by atoms with Crippen molar-refractivity contribution < 1.29 is 9.84 Å². The van der Waals surface area contributed by atoms with Gasteiger partial charge in [0.05, 0.1) is 13.2 Å². The average molecular weight is 249 g/mol. The van der Waals surface area contributed by atoms with Gasteiger partial charge in [-0.15, -0.1) is 0 Å². The van der Waals surface area contributed by atoms with Crippen LogP contribution in [-0.2, 0) is 13.0 Å². The van der Waals surface area contributed by atoms with Crippen molar-refractivity contribution in [2.24, 2.45) is 5.92 Å². The molecular weight excluding hydrogens is 226 g/mol. The molecule has 0 amide bonds. The first-order valence-corrected chi connectivity index (χ1v) is 7.05. The molecule has 1 aromatic rings. The van der Waals surface area contributed by atoms with Crippen molar-refractivity contribution in [3.63, 3.8) is 0 Å². The minimum atomic E-state index is 0.0509. The molecule has 0 radical (unpaired) electrons. The van der Waals surface area contributed by atoms with Crippen molar-refractivity contribution in [3.8, 4) is 5.88 Å². The number of aromatic nitrogens is 1. The molecule has 18 heavy (non-hydrogen) atoms. The van der Waals surface area contributed by atoms with Crippen LogP contribution in [0, 0.1) is 5.92 Å². The molecule has 1 heterocycles. The summed E-state index contributed by atoms with van der Waals surface area (Å²) in [6, 6.07) is 3.79. The molecule has 1 aliphatic carbocycles. The number of aryl methyl sites for hydroxylation is 1.